The van der Waals surface area contributed by atoms with E-state index >= 15 is 0 Å². The predicted molar refractivity (Wildman–Crippen MR) is 71.1 cm³/mol. The van der Waals surface area contributed by atoms with Gasteiger partial charge in [0.05, 0.1) is 0 Å². The van der Waals surface area contributed by atoms with Crippen LogP contribution < -0.4 is 0 Å². The molecule has 0 N–H and O–H groups in total. The molecular formula is C16H18. The molecule has 2 unspecified atom stereocenters. The summed E-state index contributed by atoms with van der Waals surface area (Å²) in [7, 11) is 0. The second kappa shape index (κ2) is 4.13. The quantitative estimate of drug-likeness (QED) is 0.603. The molecule has 82 valence electrons. The van der Waals surface area contributed by atoms with Crippen molar-refractivity contribution in [1.29, 1.82) is 0 Å². The van der Waals surface area contributed by atoms with Gasteiger partial charge < -0.3 is 0 Å². The highest BCUT2D eigenvalue weighted by molar-refractivity contribution is 5.51. The van der Waals surface area contributed by atoms with Crippen molar-refractivity contribution in [2.24, 2.45) is 11.8 Å². The van der Waals surface area contributed by atoms with Crippen molar-refractivity contribution < 1.29 is 0 Å². The first-order valence-corrected chi connectivity index (χ1v) is 5.73. The maximum Gasteiger partial charge on any atom is 0.0189 e. The van der Waals surface area contributed by atoms with Crippen LogP contribution in [0.25, 0.3) is 0 Å². The Balaban J connectivity index is 2.56. The summed E-state index contributed by atoms with van der Waals surface area (Å²) in [5, 5.41) is 0. The third-order valence-corrected chi connectivity index (χ3v) is 3.54. The molecule has 2 aliphatic rings. The van der Waals surface area contributed by atoms with Gasteiger partial charge in [0.2, 0.25) is 0 Å². The Bertz CT molecular complexity index is 452. The molecule has 0 heterocycles. The smallest absolute Gasteiger partial charge is 0.0189 e. The van der Waals surface area contributed by atoms with Crippen molar-refractivity contribution in [2.45, 2.75) is 13.8 Å². The molecule has 0 radical (unpaired) electrons. The van der Waals surface area contributed by atoms with Gasteiger partial charge in [0.15, 0.2) is 0 Å². The van der Waals surface area contributed by atoms with E-state index in [1.807, 2.05) is 6.08 Å². The zero-order chi connectivity index (χ0) is 11.7. The summed E-state index contributed by atoms with van der Waals surface area (Å²) in [5.41, 5.74) is 5.27. The molecule has 0 nitrogen and oxygen atoms in total. The van der Waals surface area contributed by atoms with Crippen molar-refractivity contribution >= 4 is 0 Å². The van der Waals surface area contributed by atoms with Crippen LogP contribution in [0.2, 0.25) is 0 Å². The Morgan fingerprint density at radius 3 is 2.56 bits per heavy atom. The van der Waals surface area contributed by atoms with Crippen LogP contribution in [0, 0.1) is 11.8 Å². The molecule has 2 aliphatic carbocycles. The van der Waals surface area contributed by atoms with Gasteiger partial charge in [0.25, 0.3) is 0 Å². The van der Waals surface area contributed by atoms with Gasteiger partial charge in [-0.3, -0.25) is 0 Å². The second-order valence-electron chi connectivity index (χ2n) is 4.43. The molecule has 0 saturated carbocycles. The molecule has 0 heteroatoms. The molecule has 0 aromatic rings. The van der Waals surface area contributed by atoms with Crippen LogP contribution >= 0.6 is 0 Å². The number of allylic oxidation sites excluding steroid dienone is 10. The van der Waals surface area contributed by atoms with Crippen molar-refractivity contribution in [3.8, 4) is 0 Å². The summed E-state index contributed by atoms with van der Waals surface area (Å²) in [5.74, 6) is 0.846. The first-order valence-electron chi connectivity index (χ1n) is 5.73. The highest BCUT2D eigenvalue weighted by Gasteiger charge is 2.32. The maximum absolute atomic E-state index is 4.17. The fourth-order valence-corrected chi connectivity index (χ4v) is 2.66. The fraction of sp³-hybridized carbons (Fsp3) is 0.250. The molecule has 2 atom stereocenters. The summed E-state index contributed by atoms with van der Waals surface area (Å²) >= 11 is 0. The molecule has 0 spiro atoms. The Morgan fingerprint density at radius 2 is 1.94 bits per heavy atom. The van der Waals surface area contributed by atoms with Gasteiger partial charge in [-0.2, -0.15) is 0 Å². The Labute approximate surface area is 98.1 Å². The zero-order valence-corrected chi connectivity index (χ0v) is 10.0. The van der Waals surface area contributed by atoms with Gasteiger partial charge in [0.1, 0.15) is 0 Å². The van der Waals surface area contributed by atoms with E-state index in [1.54, 1.807) is 0 Å². The number of hydrogen-bond donors (Lipinski definition) is 0. The van der Waals surface area contributed by atoms with Gasteiger partial charge in [-0.25, -0.2) is 0 Å². The predicted octanol–water partition coefficient (Wildman–Crippen LogP) is 4.36. The lowest BCUT2D eigenvalue weighted by Gasteiger charge is -2.36. The summed E-state index contributed by atoms with van der Waals surface area (Å²) in [6, 6.07) is 0. The zero-order valence-electron chi connectivity index (χ0n) is 10.0. The maximum atomic E-state index is 4.17. The minimum absolute atomic E-state index is 0.388. The summed E-state index contributed by atoms with van der Waals surface area (Å²) in [6.45, 7) is 12.4. The van der Waals surface area contributed by atoms with Gasteiger partial charge in [0, 0.05) is 11.8 Å². The first kappa shape index (κ1) is 10.9. The molecule has 0 aliphatic heterocycles. The van der Waals surface area contributed by atoms with Crippen LogP contribution in [0.15, 0.2) is 71.9 Å². The normalized spacial score (nSPS) is 30.9. The van der Waals surface area contributed by atoms with Crippen LogP contribution in [0.5, 0.6) is 0 Å². The van der Waals surface area contributed by atoms with Crippen LogP contribution in [-0.4, -0.2) is 0 Å². The number of hydrogen-bond acceptors (Lipinski definition) is 0. The summed E-state index contributed by atoms with van der Waals surface area (Å²) in [4.78, 5) is 0. The highest BCUT2D eigenvalue weighted by Crippen LogP contribution is 2.44. The molecule has 16 heavy (non-hydrogen) atoms. The topological polar surface area (TPSA) is 0 Å². The van der Waals surface area contributed by atoms with Gasteiger partial charge in [-0.1, -0.05) is 55.2 Å². The molecule has 0 amide bonds. The molecule has 0 aromatic carbocycles. The summed E-state index contributed by atoms with van der Waals surface area (Å²) < 4.78 is 0. The van der Waals surface area contributed by atoms with Gasteiger partial charge in [-0.05, 0) is 30.6 Å². The van der Waals surface area contributed by atoms with Crippen molar-refractivity contribution in [3.05, 3.63) is 71.9 Å². The van der Waals surface area contributed by atoms with Crippen LogP contribution in [-0.2, 0) is 0 Å². The standard InChI is InChI=1S/C16H18/c1-5-13-9-7-12(4)16-14(6-2)10-8-11(3)15(13)16/h5-10,15-16H,1,3H2,2,4H3/b14-6-. The van der Waals surface area contributed by atoms with Crippen molar-refractivity contribution in [2.75, 3.05) is 0 Å². The van der Waals surface area contributed by atoms with E-state index in [0.717, 1.165) is 0 Å². The lowest BCUT2D eigenvalue weighted by atomic mass is 9.68. The first-order chi connectivity index (χ1) is 7.69. The second-order valence-corrected chi connectivity index (χ2v) is 4.43. The van der Waals surface area contributed by atoms with E-state index in [2.05, 4.69) is 57.4 Å². The molecule has 0 fully saturated rings. The monoisotopic (exact) mass is 210 g/mol. The van der Waals surface area contributed by atoms with E-state index in [4.69, 9.17) is 0 Å². The molecule has 0 bridgehead atoms. The number of rotatable bonds is 1. The third-order valence-electron chi connectivity index (χ3n) is 3.54. The minimum atomic E-state index is 0.388. The van der Waals surface area contributed by atoms with E-state index in [-0.39, 0.29) is 0 Å². The minimum Gasteiger partial charge on any atom is -0.0988 e. The molecular weight excluding hydrogens is 192 g/mol. The average molecular weight is 210 g/mol. The van der Waals surface area contributed by atoms with E-state index < -0.39 is 0 Å². The molecule has 0 saturated heterocycles. The summed E-state index contributed by atoms with van der Waals surface area (Å²) in [6.07, 6.45) is 12.8. The lowest BCUT2D eigenvalue weighted by Crippen LogP contribution is -2.25. The fourth-order valence-electron chi connectivity index (χ4n) is 2.66. The van der Waals surface area contributed by atoms with Gasteiger partial charge in [-0.15, -0.1) is 0 Å². The van der Waals surface area contributed by atoms with Gasteiger partial charge >= 0.3 is 0 Å². The number of fused-ring (bicyclic) bond motifs is 1. The van der Waals surface area contributed by atoms with Crippen molar-refractivity contribution in [3.63, 3.8) is 0 Å². The Kier molecular flexibility index (Phi) is 2.82. The Morgan fingerprint density at radius 1 is 1.19 bits per heavy atom. The van der Waals surface area contributed by atoms with Crippen LogP contribution in [0.4, 0.5) is 0 Å². The van der Waals surface area contributed by atoms with Crippen molar-refractivity contribution in [1.82, 2.24) is 0 Å². The average Bonchev–Trinajstić information content (AvgIpc) is 2.31. The highest BCUT2D eigenvalue weighted by atomic mass is 14.4. The van der Waals surface area contributed by atoms with E-state index in [9.17, 15) is 0 Å². The Hall–Kier alpha value is -1.56. The molecule has 0 aromatic heterocycles. The van der Waals surface area contributed by atoms with Crippen LogP contribution in [0.1, 0.15) is 13.8 Å². The van der Waals surface area contributed by atoms with E-state index in [0.29, 0.717) is 11.8 Å². The lowest BCUT2D eigenvalue weighted by molar-refractivity contribution is 0.561. The SMILES string of the molecule is C=CC1=CC=C(C)C2/C(=C\C)C=CC(=C)C12. The largest absolute Gasteiger partial charge is 0.0988 e. The third kappa shape index (κ3) is 1.55. The molecule has 2 rings (SSSR count). The van der Waals surface area contributed by atoms with E-state index in [1.165, 1.54) is 22.3 Å². The van der Waals surface area contributed by atoms with Crippen LogP contribution in [0.3, 0.4) is 0 Å².